The number of thioether (sulfide) groups is 1. The Morgan fingerprint density at radius 1 is 1.28 bits per heavy atom. The number of pyridine rings is 1. The summed E-state index contributed by atoms with van der Waals surface area (Å²) in [7, 11) is 3.95. The van der Waals surface area contributed by atoms with Crippen molar-refractivity contribution in [2.75, 3.05) is 20.1 Å². The average molecular weight is 505 g/mol. The third kappa shape index (κ3) is 6.10. The number of aliphatic hydroxyl groups excluding tert-OH is 1. The van der Waals surface area contributed by atoms with Crippen molar-refractivity contribution in [3.8, 4) is 11.1 Å². The highest BCUT2D eigenvalue weighted by molar-refractivity contribution is 7.99. The number of aryl methyl sites for hydroxylation is 2. The van der Waals surface area contributed by atoms with E-state index < -0.39 is 0 Å². The van der Waals surface area contributed by atoms with E-state index in [0.717, 1.165) is 58.9 Å². The third-order valence-electron chi connectivity index (χ3n) is 6.46. The first-order valence-electron chi connectivity index (χ1n) is 11.9. The molecule has 8 nitrogen and oxygen atoms in total. The smallest absolute Gasteiger partial charge is 0.256 e. The van der Waals surface area contributed by atoms with Crippen LogP contribution in [0.2, 0.25) is 0 Å². The molecule has 1 saturated heterocycles. The maximum absolute atomic E-state index is 13.0. The molecule has 0 spiro atoms. The molecule has 9 heteroatoms. The standard InChI is InChI=1S/C27H32N6O2S/c1-18-5-6-19(23-16-30-33(4)24(23)17-34)13-21(18)14-25(28-2)31-27(35)20-7-10-29-26(15-20)36-22-8-11-32(3)12-9-22/h5-7,10,13-16,22,34H,2,8-9,11-12,17H2,1,3-4H3,(H,31,35)/b25-14+. The van der Waals surface area contributed by atoms with Gasteiger partial charge in [0.1, 0.15) is 5.82 Å². The molecule has 2 aromatic heterocycles. The number of carbonyl (C=O) groups is 1. The molecule has 0 bridgehead atoms. The Labute approximate surface area is 216 Å². The number of hydrogen-bond donors (Lipinski definition) is 2. The van der Waals surface area contributed by atoms with Gasteiger partial charge in [0, 0.05) is 29.6 Å². The molecule has 3 heterocycles. The van der Waals surface area contributed by atoms with E-state index >= 15 is 0 Å². The zero-order chi connectivity index (χ0) is 25.7. The number of aromatic nitrogens is 3. The normalized spacial score (nSPS) is 15.2. The summed E-state index contributed by atoms with van der Waals surface area (Å²) in [5.41, 5.74) is 4.95. The van der Waals surface area contributed by atoms with Crippen molar-refractivity contribution in [2.24, 2.45) is 12.0 Å². The minimum Gasteiger partial charge on any atom is -0.390 e. The number of nitrogens with one attached hydrogen (secondary N) is 1. The minimum atomic E-state index is -0.259. The molecule has 36 heavy (non-hydrogen) atoms. The maximum Gasteiger partial charge on any atom is 0.256 e. The van der Waals surface area contributed by atoms with Crippen molar-refractivity contribution in [2.45, 2.75) is 36.6 Å². The van der Waals surface area contributed by atoms with E-state index in [9.17, 15) is 9.90 Å². The van der Waals surface area contributed by atoms with Crippen LogP contribution >= 0.6 is 11.8 Å². The lowest BCUT2D eigenvalue weighted by Crippen LogP contribution is -2.31. The molecule has 0 atom stereocenters. The average Bonchev–Trinajstić information content (AvgIpc) is 3.26. The molecule has 1 aromatic carbocycles. The molecule has 2 N–H and O–H groups in total. The van der Waals surface area contributed by atoms with Crippen molar-refractivity contribution in [1.29, 1.82) is 0 Å². The van der Waals surface area contributed by atoms with Crippen LogP contribution in [0.3, 0.4) is 0 Å². The lowest BCUT2D eigenvalue weighted by molar-refractivity contribution is 0.0965. The second-order valence-corrected chi connectivity index (χ2v) is 10.3. The SMILES string of the molecule is C=N/C(=C\c1cc(-c2cnn(C)c2CO)ccc1C)NC(=O)c1ccnc(SC2CCN(C)CC2)c1. The highest BCUT2D eigenvalue weighted by atomic mass is 32.2. The van der Waals surface area contributed by atoms with Gasteiger partial charge in [-0.15, -0.1) is 11.8 Å². The molecule has 4 rings (SSSR count). The molecule has 3 aromatic rings. The molecule has 1 fully saturated rings. The number of amides is 1. The predicted molar refractivity (Wildman–Crippen MR) is 145 cm³/mol. The van der Waals surface area contributed by atoms with Gasteiger partial charge in [0.05, 0.1) is 23.5 Å². The van der Waals surface area contributed by atoms with Gasteiger partial charge < -0.3 is 15.3 Å². The number of aliphatic imine (C=N–C) groups is 1. The Kier molecular flexibility index (Phi) is 8.35. The van der Waals surface area contributed by atoms with E-state index in [0.29, 0.717) is 16.6 Å². The summed E-state index contributed by atoms with van der Waals surface area (Å²) in [4.78, 5) is 23.9. The summed E-state index contributed by atoms with van der Waals surface area (Å²) < 4.78 is 1.66. The summed E-state index contributed by atoms with van der Waals surface area (Å²) in [5.74, 6) is 0.0973. The molecule has 188 valence electrons. The number of nitrogens with zero attached hydrogens (tertiary/aromatic N) is 5. The number of likely N-dealkylation sites (tertiary alicyclic amines) is 1. The fraction of sp³-hybridized carbons (Fsp3) is 0.333. The largest absolute Gasteiger partial charge is 0.390 e. The molecule has 1 aliphatic heterocycles. The van der Waals surface area contributed by atoms with E-state index in [1.807, 2.05) is 31.2 Å². The van der Waals surface area contributed by atoms with Gasteiger partial charge >= 0.3 is 0 Å². The number of benzene rings is 1. The van der Waals surface area contributed by atoms with Gasteiger partial charge in [-0.3, -0.25) is 9.48 Å². The van der Waals surface area contributed by atoms with E-state index in [2.05, 4.69) is 39.1 Å². The Bertz CT molecular complexity index is 1280. The van der Waals surface area contributed by atoms with Crippen molar-refractivity contribution in [3.05, 3.63) is 70.9 Å². The van der Waals surface area contributed by atoms with E-state index in [-0.39, 0.29) is 12.5 Å². The van der Waals surface area contributed by atoms with Crippen LogP contribution in [0.25, 0.3) is 17.2 Å². The number of hydrogen-bond acceptors (Lipinski definition) is 7. The van der Waals surface area contributed by atoms with Gasteiger partial charge in [0.25, 0.3) is 5.91 Å². The van der Waals surface area contributed by atoms with E-state index in [1.54, 1.807) is 48.0 Å². The van der Waals surface area contributed by atoms with Gasteiger partial charge in [-0.05, 0) is 87.6 Å². The highest BCUT2D eigenvalue weighted by Gasteiger charge is 2.19. The quantitative estimate of drug-likeness (QED) is 0.452. The zero-order valence-corrected chi connectivity index (χ0v) is 21.8. The van der Waals surface area contributed by atoms with Gasteiger partial charge in [-0.2, -0.15) is 5.10 Å². The molecule has 1 aliphatic rings. The summed E-state index contributed by atoms with van der Waals surface area (Å²) in [6, 6.07) is 9.52. The first-order valence-corrected chi connectivity index (χ1v) is 12.8. The molecular formula is C27H32N6O2S. The fourth-order valence-electron chi connectivity index (χ4n) is 4.20. The Balaban J connectivity index is 1.51. The van der Waals surface area contributed by atoms with Gasteiger partial charge in [0.15, 0.2) is 0 Å². The fourth-order valence-corrected chi connectivity index (χ4v) is 5.31. The van der Waals surface area contributed by atoms with Gasteiger partial charge in [-0.25, -0.2) is 9.98 Å². The summed E-state index contributed by atoms with van der Waals surface area (Å²) >= 11 is 1.74. The van der Waals surface area contributed by atoms with Crippen LogP contribution in [-0.2, 0) is 13.7 Å². The molecule has 0 radical (unpaired) electrons. The highest BCUT2D eigenvalue weighted by Crippen LogP contribution is 2.29. The second kappa shape index (κ2) is 11.6. The van der Waals surface area contributed by atoms with Crippen LogP contribution in [0.4, 0.5) is 0 Å². The second-order valence-electron chi connectivity index (χ2n) is 9.00. The van der Waals surface area contributed by atoms with Crippen LogP contribution in [0, 0.1) is 6.92 Å². The minimum absolute atomic E-state index is 0.107. The summed E-state index contributed by atoms with van der Waals surface area (Å²) in [6.45, 7) is 7.70. The number of aliphatic hydroxyl groups is 1. The van der Waals surface area contributed by atoms with Crippen LogP contribution < -0.4 is 5.32 Å². The summed E-state index contributed by atoms with van der Waals surface area (Å²) in [6.07, 6.45) is 7.45. The number of carbonyl (C=O) groups excluding carboxylic acids is 1. The van der Waals surface area contributed by atoms with Crippen molar-refractivity contribution in [1.82, 2.24) is 25.0 Å². The topological polar surface area (TPSA) is 95.6 Å². The van der Waals surface area contributed by atoms with Crippen LogP contribution in [0.15, 0.2) is 58.6 Å². The molecular weight excluding hydrogens is 472 g/mol. The van der Waals surface area contributed by atoms with Gasteiger partial charge in [0.2, 0.25) is 0 Å². The Morgan fingerprint density at radius 3 is 2.78 bits per heavy atom. The first-order chi connectivity index (χ1) is 17.4. The lowest BCUT2D eigenvalue weighted by atomic mass is 10.00. The lowest BCUT2D eigenvalue weighted by Gasteiger charge is -2.28. The Hall–Kier alpha value is -3.27. The number of rotatable bonds is 8. The maximum atomic E-state index is 13.0. The van der Waals surface area contributed by atoms with Crippen LogP contribution in [0.5, 0.6) is 0 Å². The van der Waals surface area contributed by atoms with E-state index in [4.69, 9.17) is 0 Å². The Morgan fingerprint density at radius 2 is 2.06 bits per heavy atom. The first kappa shape index (κ1) is 25.8. The molecule has 1 amide bonds. The number of piperidine rings is 1. The van der Waals surface area contributed by atoms with Crippen molar-refractivity contribution >= 4 is 30.5 Å². The van der Waals surface area contributed by atoms with Gasteiger partial charge in [-0.1, -0.05) is 12.1 Å². The van der Waals surface area contributed by atoms with Crippen LogP contribution in [0.1, 0.15) is 40.0 Å². The third-order valence-corrected chi connectivity index (χ3v) is 7.73. The molecule has 0 unspecified atom stereocenters. The zero-order valence-electron chi connectivity index (χ0n) is 20.9. The van der Waals surface area contributed by atoms with Crippen molar-refractivity contribution < 1.29 is 9.90 Å². The van der Waals surface area contributed by atoms with Crippen molar-refractivity contribution in [3.63, 3.8) is 0 Å². The monoisotopic (exact) mass is 504 g/mol. The van der Waals surface area contributed by atoms with Crippen LogP contribution in [-0.4, -0.2) is 62.8 Å². The summed E-state index contributed by atoms with van der Waals surface area (Å²) in [5, 5.41) is 18.2. The van der Waals surface area contributed by atoms with E-state index in [1.165, 1.54) is 0 Å². The predicted octanol–water partition coefficient (Wildman–Crippen LogP) is 3.90. The molecule has 0 aliphatic carbocycles. The molecule has 0 saturated carbocycles.